The van der Waals surface area contributed by atoms with Gasteiger partial charge in [0.15, 0.2) is 0 Å². The van der Waals surface area contributed by atoms with Crippen LogP contribution in [0.4, 0.5) is 4.79 Å². The Kier molecular flexibility index (Phi) is 5.10. The maximum absolute atomic E-state index is 11.8. The van der Waals surface area contributed by atoms with Crippen molar-refractivity contribution in [2.45, 2.75) is 18.9 Å². The van der Waals surface area contributed by atoms with Crippen molar-refractivity contribution in [2.24, 2.45) is 5.73 Å². The number of urea groups is 1. The van der Waals surface area contributed by atoms with Gasteiger partial charge in [-0.1, -0.05) is 0 Å². The van der Waals surface area contributed by atoms with Crippen LogP contribution in [0.5, 0.6) is 0 Å². The number of primary amides is 1. The molecular weight excluding hydrogens is 256 g/mol. The number of carboxylic acid groups (broad SMARTS) is 1. The molecule has 1 rings (SSSR count). The molecule has 1 heterocycles. The number of rotatable bonds is 4. The molecule has 0 aromatic rings. The summed E-state index contributed by atoms with van der Waals surface area (Å²) in [7, 11) is 0. The molecule has 19 heavy (non-hydrogen) atoms. The van der Waals surface area contributed by atoms with Crippen molar-refractivity contribution in [1.29, 1.82) is 0 Å². The average molecular weight is 272 g/mol. The first kappa shape index (κ1) is 14.7. The van der Waals surface area contributed by atoms with E-state index in [1.54, 1.807) is 0 Å². The highest BCUT2D eigenvalue weighted by Crippen LogP contribution is 2.00. The quantitative estimate of drug-likeness (QED) is 0.461. The molecule has 1 aliphatic heterocycles. The van der Waals surface area contributed by atoms with Crippen molar-refractivity contribution in [3.05, 3.63) is 0 Å². The van der Waals surface area contributed by atoms with Crippen molar-refractivity contribution in [1.82, 2.24) is 15.5 Å². The lowest BCUT2D eigenvalue weighted by atomic mass is 10.2. The number of hydrogen-bond donors (Lipinski definition) is 4. The van der Waals surface area contributed by atoms with E-state index < -0.39 is 30.4 Å². The molecule has 1 saturated heterocycles. The molecule has 1 aliphatic rings. The second-order valence-corrected chi connectivity index (χ2v) is 4.14. The molecule has 5 N–H and O–H groups in total. The van der Waals surface area contributed by atoms with Crippen LogP contribution in [0.25, 0.3) is 0 Å². The summed E-state index contributed by atoms with van der Waals surface area (Å²) in [5.74, 6) is -2.50. The molecule has 106 valence electrons. The van der Waals surface area contributed by atoms with Crippen LogP contribution in [0.15, 0.2) is 0 Å². The molecule has 0 aliphatic carbocycles. The Labute approximate surface area is 109 Å². The highest BCUT2D eigenvalue weighted by Gasteiger charge is 2.26. The maximum atomic E-state index is 11.8. The summed E-state index contributed by atoms with van der Waals surface area (Å²) in [4.78, 5) is 45.9. The summed E-state index contributed by atoms with van der Waals surface area (Å²) in [5.41, 5.74) is 4.90. The van der Waals surface area contributed by atoms with Crippen molar-refractivity contribution in [3.63, 3.8) is 0 Å². The number of nitrogens with one attached hydrogen (secondary N) is 2. The van der Waals surface area contributed by atoms with E-state index in [0.717, 1.165) is 0 Å². The second kappa shape index (κ2) is 6.57. The number of amides is 4. The Balaban J connectivity index is 2.62. The summed E-state index contributed by atoms with van der Waals surface area (Å²) >= 11 is 0. The van der Waals surface area contributed by atoms with Crippen LogP contribution in [0.2, 0.25) is 0 Å². The molecule has 0 radical (unpaired) electrons. The molecule has 9 nitrogen and oxygen atoms in total. The SMILES string of the molecule is NC(=O)CC(NC(=O)N1CCCNC(=O)C1)C(=O)O. The minimum Gasteiger partial charge on any atom is -0.480 e. The minimum absolute atomic E-state index is 0.144. The van der Waals surface area contributed by atoms with Gasteiger partial charge in [0.1, 0.15) is 12.6 Å². The van der Waals surface area contributed by atoms with Gasteiger partial charge in [0.05, 0.1) is 6.42 Å². The molecule has 0 aromatic heterocycles. The van der Waals surface area contributed by atoms with E-state index in [1.807, 2.05) is 0 Å². The summed E-state index contributed by atoms with van der Waals surface area (Å²) in [6.07, 6.45) is 0.0772. The van der Waals surface area contributed by atoms with Gasteiger partial charge in [-0.15, -0.1) is 0 Å². The summed E-state index contributed by atoms with van der Waals surface area (Å²) < 4.78 is 0. The zero-order valence-electron chi connectivity index (χ0n) is 10.2. The number of carbonyl (C=O) groups excluding carboxylic acids is 3. The lowest BCUT2D eigenvalue weighted by Gasteiger charge is -2.22. The standard InChI is InChI=1S/C10H16N4O5/c11-7(15)4-6(9(17)18)13-10(19)14-3-1-2-12-8(16)5-14/h6H,1-5H2,(H2,11,15)(H,12,16)(H,13,19)(H,17,18). The zero-order valence-corrected chi connectivity index (χ0v) is 10.2. The van der Waals surface area contributed by atoms with E-state index in [0.29, 0.717) is 19.5 Å². The van der Waals surface area contributed by atoms with Crippen molar-refractivity contribution in [2.75, 3.05) is 19.6 Å². The van der Waals surface area contributed by atoms with E-state index >= 15 is 0 Å². The van der Waals surface area contributed by atoms with Gasteiger partial charge in [-0.2, -0.15) is 0 Å². The minimum atomic E-state index is -1.39. The van der Waals surface area contributed by atoms with E-state index in [2.05, 4.69) is 10.6 Å². The normalized spacial score (nSPS) is 17.1. The molecule has 1 unspecified atom stereocenters. The highest BCUT2D eigenvalue weighted by molar-refractivity contribution is 5.89. The zero-order chi connectivity index (χ0) is 14.4. The topological polar surface area (TPSA) is 142 Å². The van der Waals surface area contributed by atoms with Crippen LogP contribution < -0.4 is 16.4 Å². The molecule has 1 fully saturated rings. The first-order chi connectivity index (χ1) is 8.90. The Morgan fingerprint density at radius 1 is 1.47 bits per heavy atom. The number of nitrogens with zero attached hydrogens (tertiary/aromatic N) is 1. The van der Waals surface area contributed by atoms with Gasteiger partial charge in [0.25, 0.3) is 0 Å². The summed E-state index contributed by atoms with van der Waals surface area (Å²) in [5, 5.41) is 13.6. The first-order valence-electron chi connectivity index (χ1n) is 5.73. The molecule has 9 heteroatoms. The highest BCUT2D eigenvalue weighted by atomic mass is 16.4. The molecule has 1 atom stereocenters. The lowest BCUT2D eigenvalue weighted by Crippen LogP contribution is -2.50. The fourth-order valence-electron chi connectivity index (χ4n) is 1.62. The third kappa shape index (κ3) is 4.82. The number of carbonyl (C=O) groups is 4. The van der Waals surface area contributed by atoms with Crippen molar-refractivity contribution < 1.29 is 24.3 Å². The van der Waals surface area contributed by atoms with E-state index in [1.165, 1.54) is 4.90 Å². The first-order valence-corrected chi connectivity index (χ1v) is 5.73. The van der Waals surface area contributed by atoms with Gasteiger partial charge >= 0.3 is 12.0 Å². The van der Waals surface area contributed by atoms with Crippen molar-refractivity contribution in [3.8, 4) is 0 Å². The van der Waals surface area contributed by atoms with E-state index in [4.69, 9.17) is 10.8 Å². The van der Waals surface area contributed by atoms with Crippen LogP contribution in [-0.4, -0.2) is 59.5 Å². The fraction of sp³-hybridized carbons (Fsp3) is 0.600. The van der Waals surface area contributed by atoms with Crippen LogP contribution >= 0.6 is 0 Å². The molecule has 0 aromatic carbocycles. The van der Waals surface area contributed by atoms with Gasteiger partial charge in [-0.25, -0.2) is 9.59 Å². The Morgan fingerprint density at radius 2 is 2.16 bits per heavy atom. The predicted molar refractivity (Wildman–Crippen MR) is 63.0 cm³/mol. The van der Waals surface area contributed by atoms with Gasteiger partial charge in [-0.3, -0.25) is 9.59 Å². The third-order valence-corrected chi connectivity index (χ3v) is 2.55. The van der Waals surface area contributed by atoms with E-state index in [9.17, 15) is 19.2 Å². The fourth-order valence-corrected chi connectivity index (χ4v) is 1.62. The van der Waals surface area contributed by atoms with Crippen LogP contribution in [0, 0.1) is 0 Å². The summed E-state index contributed by atoms with van der Waals surface area (Å²) in [6.45, 7) is 0.647. The van der Waals surface area contributed by atoms with Gasteiger partial charge in [-0.05, 0) is 6.42 Å². The second-order valence-electron chi connectivity index (χ2n) is 4.14. The van der Waals surface area contributed by atoms with Crippen LogP contribution in [0.1, 0.15) is 12.8 Å². The van der Waals surface area contributed by atoms with Crippen molar-refractivity contribution >= 4 is 23.8 Å². The van der Waals surface area contributed by atoms with Gasteiger partial charge < -0.3 is 26.4 Å². The van der Waals surface area contributed by atoms with E-state index in [-0.39, 0.29) is 12.5 Å². The molecule has 0 saturated carbocycles. The summed E-state index contributed by atoms with van der Waals surface area (Å²) in [6, 6.07) is -2.10. The van der Waals surface area contributed by atoms with Crippen LogP contribution in [0.3, 0.4) is 0 Å². The average Bonchev–Trinajstić information content (AvgIpc) is 2.52. The monoisotopic (exact) mass is 272 g/mol. The largest absolute Gasteiger partial charge is 0.480 e. The lowest BCUT2D eigenvalue weighted by molar-refractivity contribution is -0.140. The number of aliphatic carboxylic acids is 1. The Bertz CT molecular complexity index is 397. The predicted octanol–water partition coefficient (Wildman–Crippen LogP) is -2.15. The number of nitrogens with two attached hydrogens (primary N) is 1. The Morgan fingerprint density at radius 3 is 2.74 bits per heavy atom. The molecule has 0 spiro atoms. The van der Waals surface area contributed by atoms with Crippen LogP contribution in [-0.2, 0) is 14.4 Å². The van der Waals surface area contributed by atoms with Gasteiger partial charge in [0, 0.05) is 13.1 Å². The molecular formula is C10H16N4O5. The molecule has 0 bridgehead atoms. The number of hydrogen-bond acceptors (Lipinski definition) is 4. The van der Waals surface area contributed by atoms with Gasteiger partial charge in [0.2, 0.25) is 11.8 Å². The maximum Gasteiger partial charge on any atom is 0.326 e. The third-order valence-electron chi connectivity index (χ3n) is 2.55. The molecule has 4 amide bonds. The number of carboxylic acids is 1. The Hall–Kier alpha value is -2.32. The smallest absolute Gasteiger partial charge is 0.326 e.